The van der Waals surface area contributed by atoms with Crippen LogP contribution in [-0.2, 0) is 6.54 Å². The molecule has 2 aliphatic rings. The predicted octanol–water partition coefficient (Wildman–Crippen LogP) is 1.93. The first kappa shape index (κ1) is 11.6. The van der Waals surface area contributed by atoms with E-state index in [4.69, 9.17) is 0 Å². The second-order valence-electron chi connectivity index (χ2n) is 5.51. The first-order valence-electron chi connectivity index (χ1n) is 6.61. The van der Waals surface area contributed by atoms with Crippen LogP contribution in [0.15, 0.2) is 5.51 Å². The van der Waals surface area contributed by atoms with E-state index in [1.807, 2.05) is 5.51 Å². The summed E-state index contributed by atoms with van der Waals surface area (Å²) in [4.78, 5) is 5.68. The molecule has 2 fully saturated rings. The molecule has 1 aromatic heterocycles. The van der Waals surface area contributed by atoms with Gasteiger partial charge >= 0.3 is 0 Å². The van der Waals surface area contributed by atoms with Crippen molar-refractivity contribution in [3.05, 3.63) is 16.1 Å². The molecule has 1 saturated carbocycles. The highest BCUT2D eigenvalue weighted by molar-refractivity contribution is 7.09. The second-order valence-corrected chi connectivity index (χ2v) is 6.44. The summed E-state index contributed by atoms with van der Waals surface area (Å²) in [5.74, 6) is 0.929. The molecule has 17 heavy (non-hydrogen) atoms. The van der Waals surface area contributed by atoms with Crippen LogP contribution in [0.3, 0.4) is 0 Å². The van der Waals surface area contributed by atoms with Gasteiger partial charge < -0.3 is 10.6 Å². The summed E-state index contributed by atoms with van der Waals surface area (Å²) in [6.07, 6.45) is 4.22. The lowest BCUT2D eigenvalue weighted by atomic mass is 9.92. The van der Waals surface area contributed by atoms with Crippen LogP contribution in [-0.4, -0.2) is 24.6 Å². The number of nitrogens with zero attached hydrogens (tertiary/aromatic N) is 1. The van der Waals surface area contributed by atoms with Crippen LogP contribution in [0, 0.1) is 18.3 Å². The van der Waals surface area contributed by atoms with Crippen LogP contribution in [0.2, 0.25) is 0 Å². The Kier molecular flexibility index (Phi) is 3.19. The highest BCUT2D eigenvalue weighted by atomic mass is 32.1. The minimum Gasteiger partial charge on any atom is -0.317 e. The van der Waals surface area contributed by atoms with Crippen molar-refractivity contribution < 1.29 is 0 Å². The maximum absolute atomic E-state index is 4.28. The summed E-state index contributed by atoms with van der Waals surface area (Å²) in [5.41, 5.74) is 3.84. The zero-order valence-corrected chi connectivity index (χ0v) is 11.3. The number of aromatic nitrogens is 1. The molecule has 1 atom stereocenters. The van der Waals surface area contributed by atoms with E-state index in [0.717, 1.165) is 12.5 Å². The molecular weight excluding hydrogens is 230 g/mol. The zero-order valence-electron chi connectivity index (χ0n) is 10.5. The third-order valence-corrected chi connectivity index (χ3v) is 5.41. The van der Waals surface area contributed by atoms with E-state index in [1.54, 1.807) is 11.3 Å². The van der Waals surface area contributed by atoms with Crippen molar-refractivity contribution in [3.8, 4) is 0 Å². The van der Waals surface area contributed by atoms with E-state index < -0.39 is 0 Å². The van der Waals surface area contributed by atoms with Crippen molar-refractivity contribution in [3.63, 3.8) is 0 Å². The number of thiazole rings is 1. The molecule has 3 rings (SSSR count). The van der Waals surface area contributed by atoms with Gasteiger partial charge in [-0.3, -0.25) is 0 Å². The van der Waals surface area contributed by atoms with Crippen molar-refractivity contribution in [1.29, 1.82) is 0 Å². The van der Waals surface area contributed by atoms with Crippen LogP contribution >= 0.6 is 11.3 Å². The molecule has 4 heteroatoms. The Labute approximate surface area is 107 Å². The largest absolute Gasteiger partial charge is 0.317 e. The Balaban J connectivity index is 1.43. The van der Waals surface area contributed by atoms with E-state index in [0.29, 0.717) is 5.41 Å². The molecule has 1 spiro atoms. The standard InChI is InChI=1S/C13H21N3S/c1-10-12(17-9-16-10)8-15-7-11-6-13(11)2-4-14-5-3-13/h9,11,14-15H,2-8H2,1H3. The molecule has 0 aromatic carbocycles. The minimum absolute atomic E-state index is 0.709. The van der Waals surface area contributed by atoms with Gasteiger partial charge in [-0.2, -0.15) is 0 Å². The first-order valence-corrected chi connectivity index (χ1v) is 7.48. The molecule has 1 unspecified atom stereocenters. The molecule has 2 N–H and O–H groups in total. The fourth-order valence-corrected chi connectivity index (χ4v) is 3.86. The Morgan fingerprint density at radius 1 is 1.53 bits per heavy atom. The maximum Gasteiger partial charge on any atom is 0.0798 e. The van der Waals surface area contributed by atoms with E-state index >= 15 is 0 Å². The molecule has 1 saturated heterocycles. The van der Waals surface area contributed by atoms with E-state index in [9.17, 15) is 0 Å². The van der Waals surface area contributed by atoms with Crippen LogP contribution in [0.25, 0.3) is 0 Å². The van der Waals surface area contributed by atoms with E-state index in [-0.39, 0.29) is 0 Å². The summed E-state index contributed by atoms with van der Waals surface area (Å²) in [7, 11) is 0. The monoisotopic (exact) mass is 251 g/mol. The SMILES string of the molecule is Cc1ncsc1CNCC1CC12CCNCC2. The Morgan fingerprint density at radius 2 is 2.35 bits per heavy atom. The lowest BCUT2D eigenvalue weighted by Gasteiger charge is -2.23. The normalized spacial score (nSPS) is 26.3. The molecule has 1 aliphatic heterocycles. The third-order valence-electron chi connectivity index (χ3n) is 4.48. The molecule has 1 aliphatic carbocycles. The number of nitrogens with one attached hydrogen (secondary N) is 2. The molecule has 0 amide bonds. The third kappa shape index (κ3) is 2.39. The summed E-state index contributed by atoms with van der Waals surface area (Å²) in [6, 6.07) is 0. The van der Waals surface area contributed by atoms with Gasteiger partial charge in [0.15, 0.2) is 0 Å². The Bertz CT molecular complexity index is 382. The van der Waals surface area contributed by atoms with E-state index in [1.165, 1.54) is 49.5 Å². The molecule has 2 heterocycles. The first-order chi connectivity index (χ1) is 8.30. The van der Waals surface area contributed by atoms with Crippen molar-refractivity contribution in [2.24, 2.45) is 11.3 Å². The molecule has 0 radical (unpaired) electrons. The van der Waals surface area contributed by atoms with Crippen LogP contribution in [0.4, 0.5) is 0 Å². The maximum atomic E-state index is 4.28. The highest BCUT2D eigenvalue weighted by Crippen LogP contribution is 2.58. The second kappa shape index (κ2) is 4.67. The highest BCUT2D eigenvalue weighted by Gasteiger charge is 2.52. The van der Waals surface area contributed by atoms with Gasteiger partial charge in [0.05, 0.1) is 11.2 Å². The lowest BCUT2D eigenvalue weighted by Crippen LogP contribution is -2.31. The molecule has 94 valence electrons. The predicted molar refractivity (Wildman–Crippen MR) is 71.2 cm³/mol. The minimum atomic E-state index is 0.709. The number of hydrogen-bond acceptors (Lipinski definition) is 4. The fourth-order valence-electron chi connectivity index (χ4n) is 3.11. The van der Waals surface area contributed by atoms with Crippen molar-refractivity contribution in [1.82, 2.24) is 15.6 Å². The summed E-state index contributed by atoms with van der Waals surface area (Å²) >= 11 is 1.77. The average molecular weight is 251 g/mol. The van der Waals surface area contributed by atoms with Crippen molar-refractivity contribution in [2.75, 3.05) is 19.6 Å². The zero-order chi connectivity index (χ0) is 11.7. The average Bonchev–Trinajstić information content (AvgIpc) is 2.81. The van der Waals surface area contributed by atoms with Gasteiger partial charge in [-0.25, -0.2) is 4.98 Å². The quantitative estimate of drug-likeness (QED) is 0.858. The number of aryl methyl sites for hydroxylation is 1. The van der Waals surface area contributed by atoms with Gasteiger partial charge in [0.2, 0.25) is 0 Å². The topological polar surface area (TPSA) is 37.0 Å². The fraction of sp³-hybridized carbons (Fsp3) is 0.769. The Hall–Kier alpha value is -0.450. The smallest absolute Gasteiger partial charge is 0.0798 e. The van der Waals surface area contributed by atoms with Gasteiger partial charge in [-0.1, -0.05) is 0 Å². The van der Waals surface area contributed by atoms with E-state index in [2.05, 4.69) is 22.5 Å². The van der Waals surface area contributed by atoms with Gasteiger partial charge in [0, 0.05) is 11.4 Å². The van der Waals surface area contributed by atoms with Crippen molar-refractivity contribution >= 4 is 11.3 Å². The van der Waals surface area contributed by atoms with Crippen LogP contribution < -0.4 is 10.6 Å². The number of hydrogen-bond donors (Lipinski definition) is 2. The van der Waals surface area contributed by atoms with Gasteiger partial charge in [-0.15, -0.1) is 11.3 Å². The number of piperidine rings is 1. The van der Waals surface area contributed by atoms with Gasteiger partial charge in [0.1, 0.15) is 0 Å². The van der Waals surface area contributed by atoms with Gasteiger partial charge in [-0.05, 0) is 57.2 Å². The van der Waals surface area contributed by atoms with Gasteiger partial charge in [0.25, 0.3) is 0 Å². The summed E-state index contributed by atoms with van der Waals surface area (Å²) in [5, 5.41) is 7.07. The summed E-state index contributed by atoms with van der Waals surface area (Å²) in [6.45, 7) is 6.74. The molecule has 1 aromatic rings. The molecular formula is C13H21N3S. The lowest BCUT2D eigenvalue weighted by molar-refractivity contribution is 0.319. The van der Waals surface area contributed by atoms with Crippen LogP contribution in [0.1, 0.15) is 29.8 Å². The molecule has 0 bridgehead atoms. The summed E-state index contributed by atoms with van der Waals surface area (Å²) < 4.78 is 0. The van der Waals surface area contributed by atoms with Crippen LogP contribution in [0.5, 0.6) is 0 Å². The Morgan fingerprint density at radius 3 is 3.06 bits per heavy atom. The molecule has 3 nitrogen and oxygen atoms in total. The number of rotatable bonds is 4. The van der Waals surface area contributed by atoms with Crippen molar-refractivity contribution in [2.45, 2.75) is 32.7 Å².